The fraction of sp³-hybridized carbons (Fsp3) is 0.250. The molecule has 0 radical (unpaired) electrons. The summed E-state index contributed by atoms with van der Waals surface area (Å²) >= 11 is 9.59. The van der Waals surface area contributed by atoms with E-state index in [1.807, 2.05) is 76.4 Å². The number of carbonyl (C=O) groups excluding carboxylic acids is 1. The van der Waals surface area contributed by atoms with Crippen LogP contribution in [0.25, 0.3) is 17.1 Å². The standard InChI is InChI=1S/C32H31ClN6O2S2/c1-3-41-28-15-9-8-14-27(28)37-16-18-38(19-17-37)31(40)25-20-42-29(34-25)21-43-32-36-35-30(23-11-5-6-12-24(23)33)39(32)26-13-7-4-10-22(26)2/h4-15,20H,3,16-19,21H2,1-2H3. The van der Waals surface area contributed by atoms with Gasteiger partial charge in [0, 0.05) is 37.1 Å². The van der Waals surface area contributed by atoms with Gasteiger partial charge >= 0.3 is 0 Å². The summed E-state index contributed by atoms with van der Waals surface area (Å²) in [5, 5.41) is 13.1. The Morgan fingerprint density at radius 2 is 1.67 bits per heavy atom. The maximum atomic E-state index is 13.3. The zero-order chi connectivity index (χ0) is 29.8. The maximum Gasteiger partial charge on any atom is 0.273 e. The van der Waals surface area contributed by atoms with E-state index in [2.05, 4.69) is 40.2 Å². The number of benzene rings is 3. The van der Waals surface area contributed by atoms with Crippen molar-refractivity contribution in [2.45, 2.75) is 24.8 Å². The third kappa shape index (κ3) is 6.27. The Bertz CT molecular complexity index is 1730. The van der Waals surface area contributed by atoms with Crippen LogP contribution in [0.4, 0.5) is 5.69 Å². The number of para-hydroxylation sites is 3. The SMILES string of the molecule is CCOc1ccccc1N1CCN(C(=O)c2csc(CSc3nnc(-c4ccccc4Cl)n3-c3ccccc3C)n2)CC1. The molecule has 11 heteroatoms. The number of ether oxygens (including phenoxy) is 1. The maximum absolute atomic E-state index is 13.3. The number of rotatable bonds is 9. The summed E-state index contributed by atoms with van der Waals surface area (Å²) in [6.45, 7) is 7.41. The molecule has 3 heterocycles. The highest BCUT2D eigenvalue weighted by molar-refractivity contribution is 7.98. The fourth-order valence-corrected chi connectivity index (χ4v) is 7.07. The lowest BCUT2D eigenvalue weighted by Gasteiger charge is -2.36. The van der Waals surface area contributed by atoms with Gasteiger partial charge in [0.25, 0.3) is 5.91 Å². The second kappa shape index (κ2) is 13.2. The summed E-state index contributed by atoms with van der Waals surface area (Å²) in [5.41, 5.74) is 4.46. The monoisotopic (exact) mass is 630 g/mol. The molecule has 0 atom stereocenters. The Morgan fingerprint density at radius 1 is 0.953 bits per heavy atom. The van der Waals surface area contributed by atoms with Crippen molar-refractivity contribution in [3.05, 3.63) is 99.5 Å². The first-order valence-corrected chi connectivity index (χ1v) is 16.4. The van der Waals surface area contributed by atoms with Gasteiger partial charge in [-0.25, -0.2) is 4.98 Å². The summed E-state index contributed by atoms with van der Waals surface area (Å²) in [7, 11) is 0. The Kier molecular flexibility index (Phi) is 8.97. The third-order valence-corrected chi connectivity index (χ3v) is 9.57. The number of hydrogen-bond acceptors (Lipinski definition) is 8. The van der Waals surface area contributed by atoms with Crippen LogP contribution in [0.3, 0.4) is 0 Å². The first-order valence-electron chi connectivity index (χ1n) is 14.1. The number of anilines is 1. The van der Waals surface area contributed by atoms with Crippen molar-refractivity contribution in [2.24, 2.45) is 0 Å². The Labute approximate surface area is 264 Å². The van der Waals surface area contributed by atoms with Crippen LogP contribution in [0.1, 0.15) is 28.0 Å². The number of carbonyl (C=O) groups is 1. The van der Waals surface area contributed by atoms with Gasteiger partial charge in [-0.3, -0.25) is 9.36 Å². The molecule has 0 saturated carbocycles. The lowest BCUT2D eigenvalue weighted by atomic mass is 10.1. The Morgan fingerprint density at radius 3 is 2.44 bits per heavy atom. The normalized spacial score (nSPS) is 13.4. The number of halogens is 1. The fourth-order valence-electron chi connectivity index (χ4n) is 5.12. The number of thioether (sulfide) groups is 1. The minimum absolute atomic E-state index is 0.0330. The van der Waals surface area contributed by atoms with E-state index in [0.717, 1.165) is 51.5 Å². The Hall–Kier alpha value is -3.86. The van der Waals surface area contributed by atoms with Crippen molar-refractivity contribution in [3.63, 3.8) is 0 Å². The van der Waals surface area contributed by atoms with E-state index in [0.29, 0.717) is 42.0 Å². The lowest BCUT2D eigenvalue weighted by molar-refractivity contribution is 0.0741. The van der Waals surface area contributed by atoms with Crippen LogP contribution >= 0.6 is 34.7 Å². The van der Waals surface area contributed by atoms with Gasteiger partial charge in [0.2, 0.25) is 0 Å². The van der Waals surface area contributed by atoms with Crippen molar-refractivity contribution in [1.29, 1.82) is 0 Å². The topological polar surface area (TPSA) is 76.4 Å². The van der Waals surface area contributed by atoms with E-state index in [4.69, 9.17) is 21.3 Å². The van der Waals surface area contributed by atoms with Crippen LogP contribution in [0.5, 0.6) is 5.75 Å². The molecule has 1 aliphatic rings. The van der Waals surface area contributed by atoms with Crippen molar-refractivity contribution in [2.75, 3.05) is 37.7 Å². The number of aryl methyl sites for hydroxylation is 1. The molecule has 1 aliphatic heterocycles. The molecule has 0 spiro atoms. The molecule has 3 aromatic carbocycles. The van der Waals surface area contributed by atoms with Crippen molar-refractivity contribution >= 4 is 46.3 Å². The molecule has 43 heavy (non-hydrogen) atoms. The van der Waals surface area contributed by atoms with Gasteiger partial charge in [-0.05, 0) is 49.7 Å². The van der Waals surface area contributed by atoms with Crippen molar-refractivity contribution in [3.8, 4) is 22.8 Å². The molecule has 0 N–H and O–H groups in total. The molecule has 220 valence electrons. The number of amides is 1. The molecule has 5 aromatic rings. The van der Waals surface area contributed by atoms with E-state index in [9.17, 15) is 4.79 Å². The van der Waals surface area contributed by atoms with Gasteiger partial charge in [0.15, 0.2) is 11.0 Å². The van der Waals surface area contributed by atoms with Crippen LogP contribution < -0.4 is 9.64 Å². The zero-order valence-electron chi connectivity index (χ0n) is 23.9. The zero-order valence-corrected chi connectivity index (χ0v) is 26.3. The van der Waals surface area contributed by atoms with Gasteiger partial charge in [0.05, 0.1) is 28.8 Å². The van der Waals surface area contributed by atoms with Crippen LogP contribution in [0.2, 0.25) is 5.02 Å². The molecule has 0 unspecified atom stereocenters. The molecule has 1 fully saturated rings. The van der Waals surface area contributed by atoms with E-state index >= 15 is 0 Å². The first-order chi connectivity index (χ1) is 21.0. The highest BCUT2D eigenvalue weighted by Gasteiger charge is 2.26. The van der Waals surface area contributed by atoms with Crippen LogP contribution in [0.15, 0.2) is 83.3 Å². The Balaban J connectivity index is 1.15. The first kappa shape index (κ1) is 29.2. The molecule has 0 bridgehead atoms. The molecule has 8 nitrogen and oxygen atoms in total. The van der Waals surface area contributed by atoms with E-state index in [1.165, 1.54) is 23.1 Å². The number of thiazole rings is 1. The third-order valence-electron chi connectivity index (χ3n) is 7.27. The van der Waals surface area contributed by atoms with Gasteiger partial charge in [-0.2, -0.15) is 0 Å². The molecular formula is C32H31ClN6O2S2. The summed E-state index contributed by atoms with van der Waals surface area (Å²) < 4.78 is 7.86. The summed E-state index contributed by atoms with van der Waals surface area (Å²) in [6.07, 6.45) is 0. The summed E-state index contributed by atoms with van der Waals surface area (Å²) in [5.74, 6) is 2.09. The highest BCUT2D eigenvalue weighted by Crippen LogP contribution is 2.34. The largest absolute Gasteiger partial charge is 0.492 e. The second-order valence-corrected chi connectivity index (χ2v) is 12.3. The molecule has 1 amide bonds. The predicted octanol–water partition coefficient (Wildman–Crippen LogP) is 7.01. The minimum Gasteiger partial charge on any atom is -0.492 e. The average molecular weight is 631 g/mol. The van der Waals surface area contributed by atoms with Gasteiger partial charge < -0.3 is 14.5 Å². The van der Waals surface area contributed by atoms with Gasteiger partial charge in [-0.1, -0.05) is 65.8 Å². The number of piperazine rings is 1. The summed E-state index contributed by atoms with van der Waals surface area (Å²) in [6, 6.07) is 23.9. The van der Waals surface area contributed by atoms with Gasteiger partial charge in [0.1, 0.15) is 16.5 Å². The molecule has 6 rings (SSSR count). The van der Waals surface area contributed by atoms with Gasteiger partial charge in [-0.15, -0.1) is 21.5 Å². The van der Waals surface area contributed by atoms with E-state index < -0.39 is 0 Å². The van der Waals surface area contributed by atoms with Crippen molar-refractivity contribution in [1.82, 2.24) is 24.6 Å². The minimum atomic E-state index is -0.0330. The van der Waals surface area contributed by atoms with Crippen molar-refractivity contribution < 1.29 is 9.53 Å². The quantitative estimate of drug-likeness (QED) is 0.162. The number of nitrogens with zero attached hydrogens (tertiary/aromatic N) is 6. The highest BCUT2D eigenvalue weighted by atomic mass is 35.5. The van der Waals surface area contributed by atoms with Crippen LogP contribution in [-0.2, 0) is 5.75 Å². The molecule has 0 aliphatic carbocycles. The molecule has 1 saturated heterocycles. The number of hydrogen-bond donors (Lipinski definition) is 0. The number of aromatic nitrogens is 4. The van der Waals surface area contributed by atoms with Crippen LogP contribution in [0, 0.1) is 6.92 Å². The van der Waals surface area contributed by atoms with E-state index in [-0.39, 0.29) is 5.91 Å². The van der Waals surface area contributed by atoms with E-state index in [1.54, 1.807) is 0 Å². The smallest absolute Gasteiger partial charge is 0.273 e. The van der Waals surface area contributed by atoms with Crippen LogP contribution in [-0.4, -0.2) is 63.3 Å². The molecular weight excluding hydrogens is 600 g/mol. The summed E-state index contributed by atoms with van der Waals surface area (Å²) in [4.78, 5) is 22.2. The molecule has 2 aromatic heterocycles. The average Bonchev–Trinajstić information content (AvgIpc) is 3.68. The predicted molar refractivity (Wildman–Crippen MR) is 174 cm³/mol. The lowest BCUT2D eigenvalue weighted by Crippen LogP contribution is -2.49. The second-order valence-electron chi connectivity index (χ2n) is 10.0.